The number of rotatable bonds is 3. The van der Waals surface area contributed by atoms with E-state index < -0.39 is 0 Å². The third-order valence-electron chi connectivity index (χ3n) is 3.19. The molecular formula is C16H12BrFN2O. The fourth-order valence-electron chi connectivity index (χ4n) is 2.11. The number of carbonyl (C=O) groups is 1. The van der Waals surface area contributed by atoms with Gasteiger partial charge < -0.3 is 10.3 Å². The number of fused-ring (bicyclic) bond motifs is 1. The van der Waals surface area contributed by atoms with Crippen molar-refractivity contribution >= 4 is 32.7 Å². The molecule has 106 valence electrons. The van der Waals surface area contributed by atoms with E-state index in [2.05, 4.69) is 26.2 Å². The molecule has 2 N–H and O–H groups in total. The lowest BCUT2D eigenvalue weighted by Crippen LogP contribution is -2.22. The summed E-state index contributed by atoms with van der Waals surface area (Å²) in [5.74, 6) is -0.530. The zero-order valence-electron chi connectivity index (χ0n) is 11.0. The molecule has 0 spiro atoms. The lowest BCUT2D eigenvalue weighted by atomic mass is 10.2. The number of benzene rings is 2. The molecule has 1 amide bonds. The molecule has 3 rings (SSSR count). The molecule has 0 aliphatic rings. The number of halogens is 2. The smallest absolute Gasteiger partial charge is 0.267 e. The predicted octanol–water partition coefficient (Wildman–Crippen LogP) is 4.00. The second-order valence-electron chi connectivity index (χ2n) is 4.72. The Bertz CT molecular complexity index is 796. The molecule has 0 aliphatic heterocycles. The zero-order valence-corrected chi connectivity index (χ0v) is 12.6. The maximum atomic E-state index is 13.1. The van der Waals surface area contributed by atoms with Gasteiger partial charge in [-0.05, 0) is 42.0 Å². The Kier molecular flexibility index (Phi) is 3.75. The molecule has 0 saturated heterocycles. The summed E-state index contributed by atoms with van der Waals surface area (Å²) in [7, 11) is 0. The highest BCUT2D eigenvalue weighted by molar-refractivity contribution is 9.10. The van der Waals surface area contributed by atoms with Gasteiger partial charge in [0, 0.05) is 21.9 Å². The molecule has 1 heterocycles. The zero-order chi connectivity index (χ0) is 14.8. The summed E-state index contributed by atoms with van der Waals surface area (Å²) in [6.07, 6.45) is 0. The van der Waals surface area contributed by atoms with Crippen LogP contribution >= 0.6 is 15.9 Å². The Morgan fingerprint density at radius 3 is 2.67 bits per heavy atom. The number of hydrogen-bond acceptors (Lipinski definition) is 1. The van der Waals surface area contributed by atoms with Crippen LogP contribution in [0.2, 0.25) is 0 Å². The van der Waals surface area contributed by atoms with Crippen molar-refractivity contribution in [3.05, 3.63) is 70.1 Å². The number of amides is 1. The van der Waals surface area contributed by atoms with Crippen LogP contribution in [0.25, 0.3) is 10.9 Å². The van der Waals surface area contributed by atoms with E-state index in [0.717, 1.165) is 15.6 Å². The lowest BCUT2D eigenvalue weighted by molar-refractivity contribution is 0.0947. The second-order valence-corrected chi connectivity index (χ2v) is 5.64. The maximum Gasteiger partial charge on any atom is 0.267 e. The van der Waals surface area contributed by atoms with E-state index in [0.29, 0.717) is 17.6 Å². The number of H-pyrrole nitrogens is 1. The molecule has 1 aromatic heterocycles. The molecule has 0 unspecified atom stereocenters. The summed E-state index contributed by atoms with van der Waals surface area (Å²) in [6, 6.07) is 13.8. The first-order chi connectivity index (χ1) is 10.1. The number of aromatic amines is 1. The van der Waals surface area contributed by atoms with Crippen molar-refractivity contribution in [3.8, 4) is 0 Å². The van der Waals surface area contributed by atoms with Crippen molar-refractivity contribution in [2.24, 2.45) is 0 Å². The maximum absolute atomic E-state index is 13.1. The molecule has 0 atom stereocenters. The standard InChI is InChI=1S/C16H12BrFN2O/c17-12-3-1-10(2-4-12)9-19-16(21)15-8-11-7-13(18)5-6-14(11)20-15/h1-8,20H,9H2,(H,19,21). The number of carbonyl (C=O) groups excluding carboxylic acids is 1. The van der Waals surface area contributed by atoms with Crippen molar-refractivity contribution in [2.45, 2.75) is 6.54 Å². The van der Waals surface area contributed by atoms with E-state index in [-0.39, 0.29) is 11.7 Å². The quantitative estimate of drug-likeness (QED) is 0.739. The van der Waals surface area contributed by atoms with Gasteiger partial charge in [0.1, 0.15) is 11.5 Å². The Morgan fingerprint density at radius 2 is 1.90 bits per heavy atom. The van der Waals surface area contributed by atoms with Crippen LogP contribution in [0.5, 0.6) is 0 Å². The van der Waals surface area contributed by atoms with Crippen LogP contribution in [0.15, 0.2) is 53.0 Å². The molecular weight excluding hydrogens is 335 g/mol. The van der Waals surface area contributed by atoms with Gasteiger partial charge in [0.05, 0.1) is 0 Å². The third kappa shape index (κ3) is 3.13. The van der Waals surface area contributed by atoms with Gasteiger partial charge in [-0.3, -0.25) is 4.79 Å². The van der Waals surface area contributed by atoms with Crippen LogP contribution in [0, 0.1) is 5.82 Å². The second kappa shape index (κ2) is 5.69. The van der Waals surface area contributed by atoms with Crippen LogP contribution in [0.1, 0.15) is 16.1 Å². The first-order valence-electron chi connectivity index (χ1n) is 6.43. The van der Waals surface area contributed by atoms with Gasteiger partial charge in [0.25, 0.3) is 5.91 Å². The monoisotopic (exact) mass is 346 g/mol. The van der Waals surface area contributed by atoms with Crippen molar-refractivity contribution in [1.29, 1.82) is 0 Å². The van der Waals surface area contributed by atoms with Gasteiger partial charge in [-0.2, -0.15) is 0 Å². The highest BCUT2D eigenvalue weighted by atomic mass is 79.9. The molecule has 0 bridgehead atoms. The Balaban J connectivity index is 1.73. The molecule has 5 heteroatoms. The van der Waals surface area contributed by atoms with E-state index in [9.17, 15) is 9.18 Å². The van der Waals surface area contributed by atoms with E-state index in [1.165, 1.54) is 12.1 Å². The fraction of sp³-hybridized carbons (Fsp3) is 0.0625. The molecule has 0 fully saturated rings. The average molecular weight is 347 g/mol. The van der Waals surface area contributed by atoms with Gasteiger partial charge >= 0.3 is 0 Å². The Labute approximate surface area is 129 Å². The van der Waals surface area contributed by atoms with Crippen LogP contribution in [0.3, 0.4) is 0 Å². The summed E-state index contributed by atoms with van der Waals surface area (Å²) in [5, 5.41) is 3.52. The van der Waals surface area contributed by atoms with Crippen molar-refractivity contribution < 1.29 is 9.18 Å². The summed E-state index contributed by atoms with van der Waals surface area (Å²) < 4.78 is 14.1. The summed E-state index contributed by atoms with van der Waals surface area (Å²) >= 11 is 3.36. The molecule has 3 nitrogen and oxygen atoms in total. The molecule has 0 aliphatic carbocycles. The largest absolute Gasteiger partial charge is 0.351 e. The van der Waals surface area contributed by atoms with Gasteiger partial charge in [0.15, 0.2) is 0 Å². The normalized spacial score (nSPS) is 10.8. The van der Waals surface area contributed by atoms with Crippen molar-refractivity contribution in [1.82, 2.24) is 10.3 Å². The Morgan fingerprint density at radius 1 is 1.14 bits per heavy atom. The molecule has 0 radical (unpaired) electrons. The van der Waals surface area contributed by atoms with Crippen molar-refractivity contribution in [3.63, 3.8) is 0 Å². The minimum absolute atomic E-state index is 0.213. The summed E-state index contributed by atoms with van der Waals surface area (Å²) in [4.78, 5) is 15.1. The van der Waals surface area contributed by atoms with Gasteiger partial charge in [-0.15, -0.1) is 0 Å². The SMILES string of the molecule is O=C(NCc1ccc(Br)cc1)c1cc2cc(F)ccc2[nH]1. The van der Waals surface area contributed by atoms with E-state index >= 15 is 0 Å². The highest BCUT2D eigenvalue weighted by Gasteiger charge is 2.09. The highest BCUT2D eigenvalue weighted by Crippen LogP contribution is 2.17. The third-order valence-corrected chi connectivity index (χ3v) is 3.72. The molecule has 21 heavy (non-hydrogen) atoms. The van der Waals surface area contributed by atoms with E-state index in [1.807, 2.05) is 24.3 Å². The Hall–Kier alpha value is -2.14. The van der Waals surface area contributed by atoms with Crippen LogP contribution < -0.4 is 5.32 Å². The average Bonchev–Trinajstić information content (AvgIpc) is 2.89. The molecule has 0 saturated carbocycles. The minimum Gasteiger partial charge on any atom is -0.351 e. The van der Waals surface area contributed by atoms with Crippen LogP contribution in [-0.4, -0.2) is 10.9 Å². The van der Waals surface area contributed by atoms with Crippen LogP contribution in [-0.2, 0) is 6.54 Å². The summed E-state index contributed by atoms with van der Waals surface area (Å²) in [6.45, 7) is 0.440. The minimum atomic E-state index is -0.316. The lowest BCUT2D eigenvalue weighted by Gasteiger charge is -2.04. The van der Waals surface area contributed by atoms with Gasteiger partial charge in [-0.25, -0.2) is 4.39 Å². The van der Waals surface area contributed by atoms with Gasteiger partial charge in [-0.1, -0.05) is 28.1 Å². The number of hydrogen-bond donors (Lipinski definition) is 2. The van der Waals surface area contributed by atoms with Crippen LogP contribution in [0.4, 0.5) is 4.39 Å². The van der Waals surface area contributed by atoms with E-state index in [1.54, 1.807) is 12.1 Å². The predicted molar refractivity (Wildman–Crippen MR) is 83.6 cm³/mol. The number of nitrogens with one attached hydrogen (secondary N) is 2. The van der Waals surface area contributed by atoms with Crippen molar-refractivity contribution in [2.75, 3.05) is 0 Å². The van der Waals surface area contributed by atoms with Gasteiger partial charge in [0.2, 0.25) is 0 Å². The topological polar surface area (TPSA) is 44.9 Å². The first kappa shape index (κ1) is 13.8. The molecule has 3 aromatic rings. The molecule has 2 aromatic carbocycles. The fourth-order valence-corrected chi connectivity index (χ4v) is 2.37. The summed E-state index contributed by atoms with van der Waals surface area (Å²) in [5.41, 5.74) is 2.17. The number of aromatic nitrogens is 1. The van der Waals surface area contributed by atoms with E-state index in [4.69, 9.17) is 0 Å². The first-order valence-corrected chi connectivity index (χ1v) is 7.22.